The molecule has 0 saturated heterocycles. The van der Waals surface area contributed by atoms with Gasteiger partial charge in [-0.1, -0.05) is 12.2 Å². The molecule has 0 amide bonds. The van der Waals surface area contributed by atoms with Gasteiger partial charge in [0.1, 0.15) is 5.75 Å². The smallest absolute Gasteiger partial charge is 0.343 e. The predicted molar refractivity (Wildman–Crippen MR) is 69.3 cm³/mol. The van der Waals surface area contributed by atoms with E-state index in [1.807, 2.05) is 6.07 Å². The molecule has 0 aliphatic heterocycles. The first-order valence-electron chi connectivity index (χ1n) is 5.68. The number of hydrogen-bond donors (Lipinski definition) is 1. The normalized spacial score (nSPS) is 13.8. The zero-order valence-corrected chi connectivity index (χ0v) is 10.0. The van der Waals surface area contributed by atoms with Crippen molar-refractivity contribution in [3.05, 3.63) is 65.5 Å². The Labute approximate surface area is 110 Å². The number of rotatable bonds is 2. The molecular weight excluding hydrogens is 242 g/mol. The predicted octanol–water partition coefficient (Wildman–Crippen LogP) is 2.79. The number of benzene rings is 1. The van der Waals surface area contributed by atoms with Crippen LogP contribution < -0.4 is 4.74 Å². The van der Waals surface area contributed by atoms with E-state index in [0.29, 0.717) is 23.3 Å². The van der Waals surface area contributed by atoms with Gasteiger partial charge in [0, 0.05) is 6.42 Å². The van der Waals surface area contributed by atoms with Gasteiger partial charge in [-0.15, -0.1) is 0 Å². The third-order valence-electron chi connectivity index (χ3n) is 2.51. The van der Waals surface area contributed by atoms with Crippen LogP contribution in [0.5, 0.6) is 5.75 Å². The van der Waals surface area contributed by atoms with Crippen molar-refractivity contribution >= 4 is 5.97 Å². The number of aliphatic hydroxyl groups is 1. The van der Waals surface area contributed by atoms with Crippen LogP contribution in [0.1, 0.15) is 12.0 Å². The van der Waals surface area contributed by atoms with Crippen molar-refractivity contribution in [1.29, 1.82) is 5.26 Å². The molecule has 0 radical (unpaired) electrons. The van der Waals surface area contributed by atoms with E-state index in [9.17, 15) is 9.90 Å². The average molecular weight is 253 g/mol. The lowest BCUT2D eigenvalue weighted by atomic mass is 10.2. The van der Waals surface area contributed by atoms with Crippen LogP contribution in [0, 0.1) is 11.3 Å². The lowest BCUT2D eigenvalue weighted by Gasteiger charge is -2.04. The number of aliphatic hydroxyl groups excluding tert-OH is 1. The Morgan fingerprint density at radius 3 is 2.68 bits per heavy atom. The van der Waals surface area contributed by atoms with E-state index in [1.54, 1.807) is 36.4 Å². The van der Waals surface area contributed by atoms with Crippen LogP contribution in [-0.4, -0.2) is 11.1 Å². The van der Waals surface area contributed by atoms with Crippen LogP contribution in [0.3, 0.4) is 0 Å². The molecule has 19 heavy (non-hydrogen) atoms. The summed E-state index contributed by atoms with van der Waals surface area (Å²) in [6, 6.07) is 8.26. The molecule has 1 aromatic rings. The summed E-state index contributed by atoms with van der Waals surface area (Å²) in [6.07, 6.45) is 6.65. The van der Waals surface area contributed by atoms with Gasteiger partial charge < -0.3 is 9.84 Å². The van der Waals surface area contributed by atoms with Crippen molar-refractivity contribution in [3.63, 3.8) is 0 Å². The van der Waals surface area contributed by atoms with Gasteiger partial charge in [-0.05, 0) is 36.4 Å². The van der Waals surface area contributed by atoms with Gasteiger partial charge in [0.25, 0.3) is 0 Å². The van der Waals surface area contributed by atoms with Crippen molar-refractivity contribution in [3.8, 4) is 11.8 Å². The molecule has 1 aliphatic rings. The number of nitriles is 1. The molecule has 0 heterocycles. The van der Waals surface area contributed by atoms with E-state index >= 15 is 0 Å². The van der Waals surface area contributed by atoms with Gasteiger partial charge in [0.15, 0.2) is 0 Å². The summed E-state index contributed by atoms with van der Waals surface area (Å²) < 4.78 is 5.17. The molecule has 0 fully saturated rings. The Morgan fingerprint density at radius 2 is 2.00 bits per heavy atom. The highest BCUT2D eigenvalue weighted by Crippen LogP contribution is 2.15. The second-order valence-electron chi connectivity index (χ2n) is 3.91. The van der Waals surface area contributed by atoms with Crippen molar-refractivity contribution in [2.24, 2.45) is 0 Å². The van der Waals surface area contributed by atoms with E-state index in [-0.39, 0.29) is 5.76 Å². The standard InChI is InChI=1S/C15H11NO3/c16-10-11-4-8-14(9-5-11)19-15(18)12-2-1-3-13(17)7-6-12/h1-2,4-9,17H,3H2. The monoisotopic (exact) mass is 253 g/mol. The molecule has 0 bridgehead atoms. The Kier molecular flexibility index (Phi) is 3.79. The minimum atomic E-state index is -0.507. The second kappa shape index (κ2) is 5.69. The summed E-state index contributed by atoms with van der Waals surface area (Å²) in [6.45, 7) is 0. The molecule has 94 valence electrons. The fourth-order valence-corrected chi connectivity index (χ4v) is 1.52. The molecule has 0 saturated carbocycles. The molecule has 0 unspecified atom stereocenters. The Hall–Kier alpha value is -2.80. The Balaban J connectivity index is 2.11. The lowest BCUT2D eigenvalue weighted by molar-refractivity contribution is -0.129. The fourth-order valence-electron chi connectivity index (χ4n) is 1.52. The summed E-state index contributed by atoms with van der Waals surface area (Å²) in [5.74, 6) is 0.0556. The SMILES string of the molecule is N#Cc1ccc(OC(=O)C2=CC=C(O)CC=C2)cc1. The molecule has 0 atom stereocenters. The maximum Gasteiger partial charge on any atom is 0.343 e. The van der Waals surface area contributed by atoms with Crippen molar-refractivity contribution < 1.29 is 14.6 Å². The van der Waals surface area contributed by atoms with Crippen LogP contribution in [0.25, 0.3) is 0 Å². The lowest BCUT2D eigenvalue weighted by Crippen LogP contribution is -2.09. The largest absolute Gasteiger partial charge is 0.512 e. The number of esters is 1. The van der Waals surface area contributed by atoms with E-state index in [1.165, 1.54) is 12.2 Å². The van der Waals surface area contributed by atoms with E-state index in [0.717, 1.165) is 0 Å². The molecule has 0 aromatic heterocycles. The molecule has 1 N–H and O–H groups in total. The summed E-state index contributed by atoms with van der Waals surface area (Å²) in [4.78, 5) is 11.9. The molecule has 4 nitrogen and oxygen atoms in total. The zero-order chi connectivity index (χ0) is 13.7. The van der Waals surface area contributed by atoms with Gasteiger partial charge >= 0.3 is 5.97 Å². The van der Waals surface area contributed by atoms with Crippen molar-refractivity contribution in [2.75, 3.05) is 0 Å². The third-order valence-corrected chi connectivity index (χ3v) is 2.51. The number of hydrogen-bond acceptors (Lipinski definition) is 4. The molecule has 2 rings (SSSR count). The molecular formula is C15H11NO3. The van der Waals surface area contributed by atoms with Gasteiger partial charge in [-0.3, -0.25) is 0 Å². The molecule has 4 heteroatoms. The minimum Gasteiger partial charge on any atom is -0.512 e. The van der Waals surface area contributed by atoms with Crippen molar-refractivity contribution in [2.45, 2.75) is 6.42 Å². The molecule has 1 aromatic carbocycles. The number of nitrogens with zero attached hydrogens (tertiary/aromatic N) is 1. The van der Waals surface area contributed by atoms with Crippen LogP contribution in [0.4, 0.5) is 0 Å². The summed E-state index contributed by atoms with van der Waals surface area (Å²) >= 11 is 0. The van der Waals surface area contributed by atoms with E-state index < -0.39 is 5.97 Å². The first-order valence-corrected chi connectivity index (χ1v) is 5.68. The van der Waals surface area contributed by atoms with Crippen LogP contribution in [0.2, 0.25) is 0 Å². The average Bonchev–Trinajstić information content (AvgIpc) is 2.64. The quantitative estimate of drug-likeness (QED) is 0.650. The highest BCUT2D eigenvalue weighted by atomic mass is 16.5. The second-order valence-corrected chi connectivity index (χ2v) is 3.91. The highest BCUT2D eigenvalue weighted by Gasteiger charge is 2.10. The zero-order valence-electron chi connectivity index (χ0n) is 10.0. The topological polar surface area (TPSA) is 70.3 Å². The van der Waals surface area contributed by atoms with E-state index in [4.69, 9.17) is 10.00 Å². The van der Waals surface area contributed by atoms with Gasteiger partial charge in [-0.2, -0.15) is 5.26 Å². The van der Waals surface area contributed by atoms with Crippen LogP contribution in [0.15, 0.2) is 59.9 Å². The van der Waals surface area contributed by atoms with Crippen molar-refractivity contribution in [1.82, 2.24) is 0 Å². The summed E-state index contributed by atoms with van der Waals surface area (Å²) in [7, 11) is 0. The maximum atomic E-state index is 11.9. The minimum absolute atomic E-state index is 0.192. The first kappa shape index (κ1) is 12.7. The van der Waals surface area contributed by atoms with Gasteiger partial charge in [0.05, 0.1) is 23.0 Å². The molecule has 1 aliphatic carbocycles. The maximum absolute atomic E-state index is 11.9. The Bertz CT molecular complexity index is 616. The van der Waals surface area contributed by atoms with Crippen LogP contribution >= 0.6 is 0 Å². The number of carbonyl (C=O) groups is 1. The number of ether oxygens (including phenoxy) is 1. The van der Waals surface area contributed by atoms with Gasteiger partial charge in [0.2, 0.25) is 0 Å². The first-order chi connectivity index (χ1) is 9.19. The highest BCUT2D eigenvalue weighted by molar-refractivity contribution is 5.93. The van der Waals surface area contributed by atoms with E-state index in [2.05, 4.69) is 0 Å². The van der Waals surface area contributed by atoms with Gasteiger partial charge in [-0.25, -0.2) is 4.79 Å². The number of carbonyl (C=O) groups excluding carboxylic acids is 1. The third kappa shape index (κ3) is 3.33. The van der Waals surface area contributed by atoms with Crippen LogP contribution in [-0.2, 0) is 4.79 Å². The summed E-state index contributed by atoms with van der Waals surface area (Å²) in [5.41, 5.74) is 0.856. The summed E-state index contributed by atoms with van der Waals surface area (Å²) in [5, 5.41) is 18.0. The Morgan fingerprint density at radius 1 is 1.26 bits per heavy atom. The fraction of sp³-hybridized carbons (Fsp3) is 0.0667. The number of allylic oxidation sites excluding steroid dienone is 3. The molecule has 0 spiro atoms.